The molecule has 0 radical (unpaired) electrons. The number of sulfonamides is 1. The first-order chi connectivity index (χ1) is 17.0. The molecule has 1 aromatic heterocycles. The van der Waals surface area contributed by atoms with Gasteiger partial charge in [-0.3, -0.25) is 18.6 Å². The standard InChI is InChI=1S/C24H27ClN4O6S/c1-5-13-26-21(30)15-35-24(32)19-14-18(11-12-20(19)25)36(33,34)28(4)22-16(2)27(3)29(23(22)31)17-9-7-6-8-10-17/h6-12,14H,5,13,15H2,1-4H3,(H,26,30). The van der Waals surface area contributed by atoms with E-state index in [9.17, 15) is 22.8 Å². The summed E-state index contributed by atoms with van der Waals surface area (Å²) in [6.45, 7) is 3.41. The minimum absolute atomic E-state index is 0.0436. The van der Waals surface area contributed by atoms with E-state index in [2.05, 4.69) is 5.32 Å². The van der Waals surface area contributed by atoms with Gasteiger partial charge in [0, 0.05) is 20.6 Å². The highest BCUT2D eigenvalue weighted by atomic mass is 35.5. The van der Waals surface area contributed by atoms with Crippen LogP contribution in [0.1, 0.15) is 29.4 Å². The first-order valence-corrected chi connectivity index (χ1v) is 12.9. The molecule has 1 amide bonds. The van der Waals surface area contributed by atoms with E-state index >= 15 is 0 Å². The molecule has 1 heterocycles. The molecule has 1 N–H and O–H groups in total. The first kappa shape index (κ1) is 27.0. The Morgan fingerprint density at radius 2 is 1.81 bits per heavy atom. The van der Waals surface area contributed by atoms with E-state index in [1.807, 2.05) is 13.0 Å². The number of anilines is 1. The molecule has 2 aromatic carbocycles. The van der Waals surface area contributed by atoms with E-state index < -0.39 is 34.1 Å². The van der Waals surface area contributed by atoms with Gasteiger partial charge in [0.1, 0.15) is 5.69 Å². The van der Waals surface area contributed by atoms with Crippen LogP contribution in [0.3, 0.4) is 0 Å². The van der Waals surface area contributed by atoms with Crippen molar-refractivity contribution in [3.8, 4) is 5.69 Å². The molecule has 0 saturated heterocycles. The lowest BCUT2D eigenvalue weighted by Crippen LogP contribution is -2.32. The molecule has 0 fully saturated rings. The van der Waals surface area contributed by atoms with E-state index in [-0.39, 0.29) is 21.2 Å². The highest BCUT2D eigenvalue weighted by Gasteiger charge is 2.30. The summed E-state index contributed by atoms with van der Waals surface area (Å²) in [5.74, 6) is -1.44. The largest absolute Gasteiger partial charge is 0.452 e. The Morgan fingerprint density at radius 1 is 1.14 bits per heavy atom. The highest BCUT2D eigenvalue weighted by Crippen LogP contribution is 2.27. The number of amides is 1. The fraction of sp³-hybridized carbons (Fsp3) is 0.292. The van der Waals surface area contributed by atoms with Gasteiger partial charge < -0.3 is 10.1 Å². The number of nitrogens with zero attached hydrogens (tertiary/aromatic N) is 3. The molecule has 0 bridgehead atoms. The van der Waals surface area contributed by atoms with Crippen molar-refractivity contribution in [1.29, 1.82) is 0 Å². The maximum absolute atomic E-state index is 13.5. The SMILES string of the molecule is CCCNC(=O)COC(=O)c1cc(S(=O)(=O)N(C)c2c(C)n(C)n(-c3ccccc3)c2=O)ccc1Cl. The van der Waals surface area contributed by atoms with E-state index in [1.165, 1.54) is 23.9 Å². The molecule has 0 aliphatic carbocycles. The predicted octanol–water partition coefficient (Wildman–Crippen LogP) is 2.65. The second-order valence-corrected chi connectivity index (χ2v) is 10.3. The lowest BCUT2D eigenvalue weighted by molar-refractivity contribution is -0.124. The zero-order chi connectivity index (χ0) is 26.6. The number of carbonyl (C=O) groups is 2. The quantitative estimate of drug-likeness (QED) is 0.421. The van der Waals surface area contributed by atoms with E-state index in [0.29, 0.717) is 17.9 Å². The zero-order valence-corrected chi connectivity index (χ0v) is 21.9. The van der Waals surface area contributed by atoms with Crippen LogP contribution in [-0.4, -0.2) is 49.9 Å². The number of benzene rings is 2. The van der Waals surface area contributed by atoms with Crippen LogP contribution < -0.4 is 15.2 Å². The van der Waals surface area contributed by atoms with Gasteiger partial charge in [-0.1, -0.05) is 36.7 Å². The Kier molecular flexibility index (Phi) is 8.26. The molecule has 36 heavy (non-hydrogen) atoms. The lowest BCUT2D eigenvalue weighted by atomic mass is 10.2. The van der Waals surface area contributed by atoms with Gasteiger partial charge in [0.15, 0.2) is 6.61 Å². The number of hydrogen-bond acceptors (Lipinski definition) is 6. The van der Waals surface area contributed by atoms with Gasteiger partial charge in [0.25, 0.3) is 21.5 Å². The fourth-order valence-electron chi connectivity index (χ4n) is 3.54. The maximum atomic E-state index is 13.5. The molecule has 3 aromatic rings. The topological polar surface area (TPSA) is 120 Å². The summed E-state index contributed by atoms with van der Waals surface area (Å²) in [4.78, 5) is 37.3. The average Bonchev–Trinajstić information content (AvgIpc) is 3.08. The van der Waals surface area contributed by atoms with Crippen LogP contribution in [-0.2, 0) is 26.6 Å². The number of halogens is 1. The molecule has 0 saturated carbocycles. The summed E-state index contributed by atoms with van der Waals surface area (Å²) < 4.78 is 35.7. The highest BCUT2D eigenvalue weighted by molar-refractivity contribution is 7.92. The first-order valence-electron chi connectivity index (χ1n) is 11.1. The number of hydrogen-bond donors (Lipinski definition) is 1. The normalized spacial score (nSPS) is 11.2. The molecule has 0 spiro atoms. The van der Waals surface area contributed by atoms with Crippen LogP contribution in [0.15, 0.2) is 58.2 Å². The summed E-state index contributed by atoms with van der Waals surface area (Å²) in [5.41, 5.74) is 0.194. The van der Waals surface area contributed by atoms with Gasteiger partial charge in [-0.2, -0.15) is 0 Å². The summed E-state index contributed by atoms with van der Waals surface area (Å²) in [5, 5.41) is 2.52. The summed E-state index contributed by atoms with van der Waals surface area (Å²) in [6.07, 6.45) is 0.719. The summed E-state index contributed by atoms with van der Waals surface area (Å²) >= 11 is 6.11. The van der Waals surface area contributed by atoms with E-state index in [0.717, 1.165) is 16.8 Å². The molecule has 0 aliphatic rings. The third-order valence-corrected chi connectivity index (χ3v) is 7.64. The molecular weight excluding hydrogens is 508 g/mol. The van der Waals surface area contributed by atoms with E-state index in [1.54, 1.807) is 42.9 Å². The number of ether oxygens (including phenoxy) is 1. The summed E-state index contributed by atoms with van der Waals surface area (Å²) in [6, 6.07) is 12.4. The third kappa shape index (κ3) is 5.31. The van der Waals surface area contributed by atoms with Crippen molar-refractivity contribution in [2.45, 2.75) is 25.2 Å². The molecule has 10 nitrogen and oxygen atoms in total. The van der Waals surface area contributed by atoms with Crippen molar-refractivity contribution in [2.75, 3.05) is 24.5 Å². The van der Waals surface area contributed by atoms with Gasteiger partial charge in [-0.05, 0) is 43.7 Å². The second kappa shape index (κ2) is 11.0. The van der Waals surface area contributed by atoms with Gasteiger partial charge >= 0.3 is 5.97 Å². The Hall–Kier alpha value is -3.57. The van der Waals surface area contributed by atoms with Crippen molar-refractivity contribution >= 4 is 39.2 Å². The van der Waals surface area contributed by atoms with E-state index in [4.69, 9.17) is 16.3 Å². The van der Waals surface area contributed by atoms with Gasteiger partial charge in [0.2, 0.25) is 0 Å². The fourth-order valence-corrected chi connectivity index (χ4v) is 5.01. The number of para-hydroxylation sites is 1. The zero-order valence-electron chi connectivity index (χ0n) is 20.3. The molecule has 0 atom stereocenters. The minimum Gasteiger partial charge on any atom is -0.452 e. The second-order valence-electron chi connectivity index (χ2n) is 7.95. The Morgan fingerprint density at radius 3 is 2.44 bits per heavy atom. The summed E-state index contributed by atoms with van der Waals surface area (Å²) in [7, 11) is -1.36. The van der Waals surface area contributed by atoms with Crippen LogP contribution in [0, 0.1) is 6.92 Å². The van der Waals surface area contributed by atoms with Crippen molar-refractivity contribution in [3.63, 3.8) is 0 Å². The Balaban J connectivity index is 1.95. The molecule has 0 aliphatic heterocycles. The van der Waals surface area contributed by atoms with Gasteiger partial charge in [0.05, 0.1) is 26.9 Å². The minimum atomic E-state index is -4.28. The number of nitrogens with one attached hydrogen (secondary N) is 1. The van der Waals surface area contributed by atoms with Crippen LogP contribution in [0.4, 0.5) is 5.69 Å². The molecule has 0 unspecified atom stereocenters. The molecule has 192 valence electrons. The number of esters is 1. The van der Waals surface area contributed by atoms with Gasteiger partial charge in [-0.25, -0.2) is 17.9 Å². The van der Waals surface area contributed by atoms with Crippen molar-refractivity contribution in [1.82, 2.24) is 14.7 Å². The van der Waals surface area contributed by atoms with Crippen molar-refractivity contribution < 1.29 is 22.7 Å². The Bertz CT molecular complexity index is 1450. The smallest absolute Gasteiger partial charge is 0.340 e. The maximum Gasteiger partial charge on any atom is 0.340 e. The number of rotatable bonds is 9. The lowest BCUT2D eigenvalue weighted by Gasteiger charge is -2.19. The van der Waals surface area contributed by atoms with Crippen LogP contribution in [0.5, 0.6) is 0 Å². The number of carbonyl (C=O) groups excluding carboxylic acids is 2. The Labute approximate surface area is 214 Å². The van der Waals surface area contributed by atoms with Crippen LogP contribution in [0.2, 0.25) is 5.02 Å². The van der Waals surface area contributed by atoms with Crippen LogP contribution >= 0.6 is 11.6 Å². The van der Waals surface area contributed by atoms with Gasteiger partial charge in [-0.15, -0.1) is 0 Å². The van der Waals surface area contributed by atoms with Crippen LogP contribution in [0.25, 0.3) is 5.69 Å². The van der Waals surface area contributed by atoms with Crippen molar-refractivity contribution in [2.24, 2.45) is 7.05 Å². The average molecular weight is 535 g/mol. The monoisotopic (exact) mass is 534 g/mol. The predicted molar refractivity (Wildman–Crippen MR) is 136 cm³/mol. The third-order valence-electron chi connectivity index (χ3n) is 5.56. The number of aromatic nitrogens is 2. The molecule has 3 rings (SSSR count). The molecule has 12 heteroatoms. The van der Waals surface area contributed by atoms with Crippen molar-refractivity contribution in [3.05, 3.63) is 75.2 Å². The molecular formula is C24H27ClN4O6S.